The highest BCUT2D eigenvalue weighted by Gasteiger charge is 2.28. The van der Waals surface area contributed by atoms with E-state index in [4.69, 9.17) is 14.9 Å². The minimum Gasteiger partial charge on any atom is -0.444 e. The van der Waals surface area contributed by atoms with E-state index in [1.807, 2.05) is 68.0 Å². The molecule has 1 aliphatic heterocycles. The van der Waals surface area contributed by atoms with Gasteiger partial charge in [0.25, 0.3) is 5.89 Å². The van der Waals surface area contributed by atoms with E-state index in [2.05, 4.69) is 20.3 Å². The molecule has 4 aromatic rings. The Bertz CT molecular complexity index is 1350. The summed E-state index contributed by atoms with van der Waals surface area (Å²) in [6.07, 6.45) is 6.85. The Balaban J connectivity index is 1.30. The summed E-state index contributed by atoms with van der Waals surface area (Å²) in [5.74, 6) is 1.03. The Morgan fingerprint density at radius 2 is 1.75 bits per heavy atom. The standard InChI is InChI=1S/C26H29N7O3/c1-26(2,3)36-25(34)32-11-9-20(10-12-32)33-16-19(15-29-33)18-13-21(22(27)28-14-18)24-31-30-23(35-24)17-7-5-4-6-8-17/h4-8,13-16,20H,9-12H2,1-3H3,(H2,27,28). The molecule has 0 spiro atoms. The van der Waals surface area contributed by atoms with Crippen molar-refractivity contribution in [2.24, 2.45) is 0 Å². The van der Waals surface area contributed by atoms with Gasteiger partial charge in [-0.05, 0) is 51.8 Å². The van der Waals surface area contributed by atoms with Crippen LogP contribution in [0.3, 0.4) is 0 Å². The SMILES string of the molecule is CC(C)(C)OC(=O)N1CCC(n2cc(-c3cnc(N)c(-c4nnc(-c5ccccc5)o4)c3)cn2)CC1. The number of nitrogens with two attached hydrogens (primary N) is 1. The lowest BCUT2D eigenvalue weighted by molar-refractivity contribution is 0.0185. The molecular formula is C26H29N7O3. The smallest absolute Gasteiger partial charge is 0.410 e. The third kappa shape index (κ3) is 5.07. The van der Waals surface area contributed by atoms with Gasteiger partial charge in [-0.3, -0.25) is 4.68 Å². The minimum atomic E-state index is -0.499. The quantitative estimate of drug-likeness (QED) is 0.434. The number of likely N-dealkylation sites (tertiary alicyclic amines) is 1. The van der Waals surface area contributed by atoms with Gasteiger partial charge in [-0.2, -0.15) is 5.10 Å². The molecule has 10 heteroatoms. The molecular weight excluding hydrogens is 458 g/mol. The molecule has 1 aliphatic rings. The molecule has 1 saturated heterocycles. The van der Waals surface area contributed by atoms with Crippen molar-refractivity contribution in [1.29, 1.82) is 0 Å². The van der Waals surface area contributed by atoms with Gasteiger partial charge in [0, 0.05) is 42.2 Å². The Morgan fingerprint density at radius 1 is 1.03 bits per heavy atom. The normalized spacial score (nSPS) is 14.7. The van der Waals surface area contributed by atoms with E-state index >= 15 is 0 Å². The predicted octanol–water partition coefficient (Wildman–Crippen LogP) is 4.82. The average Bonchev–Trinajstić information content (AvgIpc) is 3.55. The Morgan fingerprint density at radius 3 is 2.47 bits per heavy atom. The topological polar surface area (TPSA) is 125 Å². The number of hydrogen-bond acceptors (Lipinski definition) is 8. The van der Waals surface area contributed by atoms with Crippen molar-refractivity contribution < 1.29 is 13.9 Å². The summed E-state index contributed by atoms with van der Waals surface area (Å²) in [5.41, 5.74) is 8.79. The van der Waals surface area contributed by atoms with Gasteiger partial charge in [0.2, 0.25) is 5.89 Å². The fraction of sp³-hybridized carbons (Fsp3) is 0.346. The summed E-state index contributed by atoms with van der Waals surface area (Å²) in [6.45, 7) is 6.88. The van der Waals surface area contributed by atoms with Crippen LogP contribution in [0.15, 0.2) is 59.4 Å². The van der Waals surface area contributed by atoms with Crippen LogP contribution in [-0.2, 0) is 4.74 Å². The largest absolute Gasteiger partial charge is 0.444 e. The summed E-state index contributed by atoms with van der Waals surface area (Å²) in [6, 6.07) is 11.6. The van der Waals surface area contributed by atoms with Crippen molar-refractivity contribution in [2.75, 3.05) is 18.8 Å². The van der Waals surface area contributed by atoms with E-state index in [-0.39, 0.29) is 12.1 Å². The maximum atomic E-state index is 12.4. The summed E-state index contributed by atoms with van der Waals surface area (Å²) in [7, 11) is 0. The van der Waals surface area contributed by atoms with Gasteiger partial charge >= 0.3 is 6.09 Å². The van der Waals surface area contributed by atoms with E-state index in [1.165, 1.54) is 0 Å². The third-order valence-corrected chi connectivity index (χ3v) is 6.02. The number of piperidine rings is 1. The first-order chi connectivity index (χ1) is 17.3. The highest BCUT2D eigenvalue weighted by Crippen LogP contribution is 2.32. The predicted molar refractivity (Wildman–Crippen MR) is 135 cm³/mol. The van der Waals surface area contributed by atoms with Gasteiger partial charge in [-0.25, -0.2) is 9.78 Å². The Kier molecular flexibility index (Phi) is 6.17. The van der Waals surface area contributed by atoms with Crippen molar-refractivity contribution in [3.8, 4) is 34.0 Å². The fourth-order valence-electron chi connectivity index (χ4n) is 4.16. The fourth-order valence-corrected chi connectivity index (χ4v) is 4.16. The molecule has 0 saturated carbocycles. The first-order valence-corrected chi connectivity index (χ1v) is 11.9. The van der Waals surface area contributed by atoms with Crippen molar-refractivity contribution in [1.82, 2.24) is 29.9 Å². The highest BCUT2D eigenvalue weighted by molar-refractivity contribution is 5.75. The Labute approximate surface area is 209 Å². The molecule has 1 aromatic carbocycles. The Hall–Kier alpha value is -4.21. The van der Waals surface area contributed by atoms with Crippen LogP contribution in [0, 0.1) is 0 Å². The highest BCUT2D eigenvalue weighted by atomic mass is 16.6. The molecule has 0 unspecified atom stereocenters. The molecule has 186 valence electrons. The van der Waals surface area contributed by atoms with Crippen LogP contribution in [0.4, 0.5) is 10.6 Å². The van der Waals surface area contributed by atoms with Gasteiger partial charge in [0.15, 0.2) is 0 Å². The molecule has 36 heavy (non-hydrogen) atoms. The number of carbonyl (C=O) groups is 1. The molecule has 0 atom stereocenters. The van der Waals surface area contributed by atoms with Crippen molar-refractivity contribution in [2.45, 2.75) is 45.3 Å². The van der Waals surface area contributed by atoms with Crippen molar-refractivity contribution in [3.63, 3.8) is 0 Å². The number of nitrogen functional groups attached to an aromatic ring is 1. The lowest BCUT2D eigenvalue weighted by atomic mass is 10.1. The third-order valence-electron chi connectivity index (χ3n) is 6.02. The maximum absolute atomic E-state index is 12.4. The van der Waals surface area contributed by atoms with Gasteiger partial charge in [-0.1, -0.05) is 18.2 Å². The average molecular weight is 488 g/mol. The second kappa shape index (κ2) is 9.44. The van der Waals surface area contributed by atoms with E-state index in [9.17, 15) is 4.79 Å². The zero-order valence-electron chi connectivity index (χ0n) is 20.6. The number of amides is 1. The molecule has 4 heterocycles. The number of anilines is 1. The van der Waals surface area contributed by atoms with E-state index in [1.54, 1.807) is 17.3 Å². The monoisotopic (exact) mass is 487 g/mol. The number of aromatic nitrogens is 5. The molecule has 3 aromatic heterocycles. The molecule has 0 aliphatic carbocycles. The van der Waals surface area contributed by atoms with Crippen LogP contribution < -0.4 is 5.73 Å². The lowest BCUT2D eigenvalue weighted by Crippen LogP contribution is -2.42. The molecule has 0 radical (unpaired) electrons. The van der Waals surface area contributed by atoms with Crippen LogP contribution >= 0.6 is 0 Å². The summed E-state index contributed by atoms with van der Waals surface area (Å²) >= 11 is 0. The number of ether oxygens (including phenoxy) is 1. The zero-order chi connectivity index (χ0) is 25.3. The van der Waals surface area contributed by atoms with E-state index < -0.39 is 5.60 Å². The van der Waals surface area contributed by atoms with Crippen LogP contribution in [-0.4, -0.2) is 54.6 Å². The number of hydrogen-bond donors (Lipinski definition) is 1. The molecule has 2 N–H and O–H groups in total. The van der Waals surface area contributed by atoms with Crippen molar-refractivity contribution in [3.05, 3.63) is 55.0 Å². The van der Waals surface area contributed by atoms with Crippen LogP contribution in [0.2, 0.25) is 0 Å². The van der Waals surface area contributed by atoms with Crippen LogP contribution in [0.1, 0.15) is 39.7 Å². The maximum Gasteiger partial charge on any atom is 0.410 e. The van der Waals surface area contributed by atoms with Gasteiger partial charge < -0.3 is 19.8 Å². The van der Waals surface area contributed by atoms with Gasteiger partial charge in [0.05, 0.1) is 17.8 Å². The summed E-state index contributed by atoms with van der Waals surface area (Å²) < 4.78 is 13.3. The number of rotatable bonds is 4. The van der Waals surface area contributed by atoms with Gasteiger partial charge in [0.1, 0.15) is 11.4 Å². The van der Waals surface area contributed by atoms with Crippen molar-refractivity contribution >= 4 is 11.9 Å². The number of nitrogens with zero attached hydrogens (tertiary/aromatic N) is 6. The first-order valence-electron chi connectivity index (χ1n) is 11.9. The van der Waals surface area contributed by atoms with E-state index in [0.717, 1.165) is 29.5 Å². The lowest BCUT2D eigenvalue weighted by Gasteiger charge is -2.33. The number of carbonyl (C=O) groups excluding carboxylic acids is 1. The number of pyridine rings is 1. The van der Waals surface area contributed by atoms with Gasteiger partial charge in [-0.15, -0.1) is 10.2 Å². The molecule has 0 bridgehead atoms. The van der Waals surface area contributed by atoms with Crippen LogP contribution in [0.5, 0.6) is 0 Å². The van der Waals surface area contributed by atoms with Crippen LogP contribution in [0.25, 0.3) is 34.0 Å². The second-order valence-electron chi connectivity index (χ2n) is 9.84. The number of benzene rings is 1. The van der Waals surface area contributed by atoms with E-state index in [0.29, 0.717) is 36.3 Å². The molecule has 1 amide bonds. The molecule has 1 fully saturated rings. The summed E-state index contributed by atoms with van der Waals surface area (Å²) in [5, 5.41) is 12.9. The molecule has 10 nitrogen and oxygen atoms in total. The summed E-state index contributed by atoms with van der Waals surface area (Å²) in [4.78, 5) is 18.5. The minimum absolute atomic E-state index is 0.197. The first kappa shape index (κ1) is 23.5. The zero-order valence-corrected chi connectivity index (χ0v) is 20.6. The second-order valence-corrected chi connectivity index (χ2v) is 9.84. The molecule has 5 rings (SSSR count).